The van der Waals surface area contributed by atoms with Crippen molar-refractivity contribution in [2.45, 2.75) is 0 Å². The Labute approximate surface area is 56.0 Å². The number of rotatable bonds is 1. The van der Waals surface area contributed by atoms with Gasteiger partial charge in [-0.05, 0) is 0 Å². The van der Waals surface area contributed by atoms with Gasteiger partial charge in [-0.3, -0.25) is 0 Å². The zero-order valence-electron chi connectivity index (χ0n) is 5.30. The van der Waals surface area contributed by atoms with Gasteiger partial charge in [0.2, 0.25) is 5.65 Å². The van der Waals surface area contributed by atoms with Gasteiger partial charge >= 0.3 is 0 Å². The first-order valence-electron chi connectivity index (χ1n) is 2.70. The Kier molecular flexibility index (Phi) is 0.883. The normalized spacial score (nSPS) is 10.5. The van der Waals surface area contributed by atoms with E-state index in [1.54, 1.807) is 6.20 Å². The van der Waals surface area contributed by atoms with Gasteiger partial charge in [-0.2, -0.15) is 4.52 Å². The van der Waals surface area contributed by atoms with E-state index in [1.165, 1.54) is 22.8 Å². The molecule has 52 valence electrons. The third kappa shape index (κ3) is 0.498. The SMILES string of the molecule is COn1ncn2nncc12. The lowest BCUT2D eigenvalue weighted by molar-refractivity contribution is 0.144. The summed E-state index contributed by atoms with van der Waals surface area (Å²) < 4.78 is 1.52. The topological polar surface area (TPSA) is 57.2 Å². The van der Waals surface area contributed by atoms with Gasteiger partial charge in [0.25, 0.3) is 0 Å². The Hall–Kier alpha value is -1.59. The molecule has 0 atom stereocenters. The molecule has 10 heavy (non-hydrogen) atoms. The molecule has 0 unspecified atom stereocenters. The largest absolute Gasteiger partial charge is 0.398 e. The van der Waals surface area contributed by atoms with Gasteiger partial charge in [-0.1, -0.05) is 10.1 Å². The van der Waals surface area contributed by atoms with Crippen molar-refractivity contribution in [1.29, 1.82) is 0 Å². The summed E-state index contributed by atoms with van der Waals surface area (Å²) in [6.07, 6.45) is 3.09. The van der Waals surface area contributed by atoms with Crippen LogP contribution in [0.5, 0.6) is 0 Å². The smallest absolute Gasteiger partial charge is 0.214 e. The predicted octanol–water partition coefficient (Wildman–Crippen LogP) is -1.02. The van der Waals surface area contributed by atoms with Gasteiger partial charge < -0.3 is 4.84 Å². The average Bonchev–Trinajstić information content (AvgIpc) is 2.44. The molecule has 2 heterocycles. The van der Waals surface area contributed by atoms with Crippen molar-refractivity contribution in [3.05, 3.63) is 12.5 Å². The van der Waals surface area contributed by atoms with Crippen molar-refractivity contribution in [1.82, 2.24) is 24.8 Å². The molecule has 0 spiro atoms. The maximum absolute atomic E-state index is 4.83. The fraction of sp³-hybridized carbons (Fsp3) is 0.250. The van der Waals surface area contributed by atoms with Crippen molar-refractivity contribution in [3.8, 4) is 0 Å². The van der Waals surface area contributed by atoms with E-state index < -0.39 is 0 Å². The summed E-state index contributed by atoms with van der Waals surface area (Å²) in [5, 5.41) is 11.2. The zero-order chi connectivity index (χ0) is 6.97. The van der Waals surface area contributed by atoms with Crippen LogP contribution in [0.2, 0.25) is 0 Å². The minimum atomic E-state index is 0.711. The van der Waals surface area contributed by atoms with Crippen LogP contribution >= 0.6 is 0 Å². The predicted molar refractivity (Wildman–Crippen MR) is 31.3 cm³/mol. The lowest BCUT2D eigenvalue weighted by atomic mass is 10.8. The minimum Gasteiger partial charge on any atom is -0.398 e. The van der Waals surface area contributed by atoms with Crippen LogP contribution in [0.3, 0.4) is 0 Å². The highest BCUT2D eigenvalue weighted by molar-refractivity contribution is 5.30. The van der Waals surface area contributed by atoms with Gasteiger partial charge in [0, 0.05) is 0 Å². The van der Waals surface area contributed by atoms with E-state index in [0.717, 1.165) is 0 Å². The minimum absolute atomic E-state index is 0.711. The second-order valence-electron chi connectivity index (χ2n) is 1.72. The Morgan fingerprint density at radius 2 is 2.50 bits per heavy atom. The van der Waals surface area contributed by atoms with E-state index >= 15 is 0 Å². The quantitative estimate of drug-likeness (QED) is 0.507. The fourth-order valence-corrected chi connectivity index (χ4v) is 0.753. The molecule has 6 heteroatoms. The van der Waals surface area contributed by atoms with Crippen molar-refractivity contribution >= 4 is 5.65 Å². The van der Waals surface area contributed by atoms with E-state index in [2.05, 4.69) is 15.4 Å². The van der Waals surface area contributed by atoms with Crippen LogP contribution in [0.15, 0.2) is 12.5 Å². The summed E-state index contributed by atoms with van der Waals surface area (Å²) in [6, 6.07) is 0. The Morgan fingerprint density at radius 1 is 1.60 bits per heavy atom. The zero-order valence-corrected chi connectivity index (χ0v) is 5.30. The molecule has 0 saturated carbocycles. The molecule has 0 fully saturated rings. The number of fused-ring (bicyclic) bond motifs is 1. The Bertz CT molecular complexity index is 336. The first kappa shape index (κ1) is 5.21. The molecule has 0 amide bonds. The van der Waals surface area contributed by atoms with Gasteiger partial charge in [0.1, 0.15) is 13.4 Å². The molecule has 0 N–H and O–H groups in total. The average molecular weight is 139 g/mol. The molecule has 2 aromatic rings. The van der Waals surface area contributed by atoms with Crippen molar-refractivity contribution in [2.24, 2.45) is 0 Å². The van der Waals surface area contributed by atoms with Crippen LogP contribution in [-0.2, 0) is 0 Å². The molecule has 0 aliphatic rings. The highest BCUT2D eigenvalue weighted by atomic mass is 16.7. The monoisotopic (exact) mass is 139 g/mol. The summed E-state index contributed by atoms with van der Waals surface area (Å²) in [7, 11) is 1.53. The Morgan fingerprint density at radius 3 is 3.30 bits per heavy atom. The van der Waals surface area contributed by atoms with Crippen molar-refractivity contribution in [3.63, 3.8) is 0 Å². The number of nitrogens with zero attached hydrogens (tertiary/aromatic N) is 5. The van der Waals surface area contributed by atoms with E-state index in [0.29, 0.717) is 5.65 Å². The highest BCUT2D eigenvalue weighted by Crippen LogP contribution is 1.93. The first-order valence-corrected chi connectivity index (χ1v) is 2.70. The molecule has 0 aliphatic heterocycles. The summed E-state index contributed by atoms with van der Waals surface area (Å²) in [5.41, 5.74) is 0.711. The summed E-state index contributed by atoms with van der Waals surface area (Å²) in [5.74, 6) is 0. The van der Waals surface area contributed by atoms with Crippen LogP contribution in [0.1, 0.15) is 0 Å². The lowest BCUT2D eigenvalue weighted by Crippen LogP contribution is -2.06. The summed E-state index contributed by atoms with van der Waals surface area (Å²) >= 11 is 0. The van der Waals surface area contributed by atoms with Gasteiger partial charge in [-0.25, -0.2) is 0 Å². The molecule has 0 bridgehead atoms. The molecular formula is C4H5N5O. The molecule has 2 rings (SSSR count). The van der Waals surface area contributed by atoms with Crippen molar-refractivity contribution < 1.29 is 4.84 Å². The maximum Gasteiger partial charge on any atom is 0.214 e. The molecule has 6 nitrogen and oxygen atoms in total. The van der Waals surface area contributed by atoms with Crippen LogP contribution in [0, 0.1) is 0 Å². The summed E-state index contributed by atoms with van der Waals surface area (Å²) in [6.45, 7) is 0. The highest BCUT2D eigenvalue weighted by Gasteiger charge is 2.00. The first-order chi connectivity index (χ1) is 4.92. The van der Waals surface area contributed by atoms with Gasteiger partial charge in [0.15, 0.2) is 0 Å². The fourth-order valence-electron chi connectivity index (χ4n) is 0.753. The lowest BCUT2D eigenvalue weighted by Gasteiger charge is -1.93. The molecular weight excluding hydrogens is 134 g/mol. The van der Waals surface area contributed by atoms with Gasteiger partial charge in [0.05, 0.1) is 6.20 Å². The third-order valence-electron chi connectivity index (χ3n) is 1.19. The molecule has 0 aromatic carbocycles. The van der Waals surface area contributed by atoms with E-state index in [4.69, 9.17) is 4.84 Å². The van der Waals surface area contributed by atoms with E-state index in [1.807, 2.05) is 0 Å². The number of hydrogen-bond donors (Lipinski definition) is 0. The van der Waals surface area contributed by atoms with Crippen molar-refractivity contribution in [2.75, 3.05) is 7.11 Å². The van der Waals surface area contributed by atoms with Crippen LogP contribution in [0.25, 0.3) is 5.65 Å². The second kappa shape index (κ2) is 1.69. The van der Waals surface area contributed by atoms with E-state index in [9.17, 15) is 0 Å². The molecule has 0 radical (unpaired) electrons. The van der Waals surface area contributed by atoms with E-state index in [-0.39, 0.29) is 0 Å². The number of hydrogen-bond acceptors (Lipinski definition) is 4. The standard InChI is InChI=1S/C4H5N5O/c1-10-9-4-2-5-7-8(4)3-6-9/h2-3H,1H3. The molecule has 0 aliphatic carbocycles. The Balaban J connectivity index is 2.76. The summed E-state index contributed by atoms with van der Waals surface area (Å²) in [4.78, 5) is 6.16. The third-order valence-corrected chi connectivity index (χ3v) is 1.19. The van der Waals surface area contributed by atoms with Gasteiger partial charge in [-0.15, -0.1) is 10.2 Å². The maximum atomic E-state index is 4.83. The van der Waals surface area contributed by atoms with Crippen LogP contribution in [-0.4, -0.2) is 31.9 Å². The second-order valence-corrected chi connectivity index (χ2v) is 1.72. The molecule has 2 aromatic heterocycles. The van der Waals surface area contributed by atoms with Crippen LogP contribution in [0.4, 0.5) is 0 Å². The number of aromatic nitrogens is 5. The molecule has 0 saturated heterocycles. The van der Waals surface area contributed by atoms with Crippen LogP contribution < -0.4 is 4.84 Å².